The largest absolute Gasteiger partial charge is 0.351 e. The van der Waals surface area contributed by atoms with E-state index in [1.165, 1.54) is 19.3 Å². The average molecular weight is 450 g/mol. The van der Waals surface area contributed by atoms with Gasteiger partial charge in [-0.1, -0.05) is 18.2 Å². The first-order valence-electron chi connectivity index (χ1n) is 12.8. The maximum absolute atomic E-state index is 13.6. The summed E-state index contributed by atoms with van der Waals surface area (Å²) in [5.41, 5.74) is 1.24. The SMILES string of the molecule is CC(=O)N1CCC(CC(=O)NC23CC4CC(CC(C4)C2)C3)(N2Cc3ccccc3C2=O)CC1. The molecule has 2 aliphatic heterocycles. The number of hydrogen-bond acceptors (Lipinski definition) is 3. The molecule has 0 aromatic heterocycles. The summed E-state index contributed by atoms with van der Waals surface area (Å²) in [5.74, 6) is 2.52. The molecule has 2 heterocycles. The molecule has 0 spiro atoms. The number of rotatable bonds is 4. The second-order valence-corrected chi connectivity index (χ2v) is 11.7. The second kappa shape index (κ2) is 7.57. The van der Waals surface area contributed by atoms with Crippen LogP contribution in [0.3, 0.4) is 0 Å². The standard InChI is InChI=1S/C27H35N3O3/c1-18(31)29-8-6-27(7-9-29,30-17-22-4-2-3-5-23(22)25(30)33)16-24(32)28-26-13-19-10-20(14-26)12-21(11-19)15-26/h2-5,19-21H,6-17H2,1H3,(H,28,32). The molecule has 0 unspecified atom stereocenters. The molecule has 5 fully saturated rings. The Bertz CT molecular complexity index is 959. The van der Waals surface area contributed by atoms with Crippen LogP contribution < -0.4 is 5.32 Å². The van der Waals surface area contributed by atoms with E-state index in [1.54, 1.807) is 6.92 Å². The first kappa shape index (κ1) is 21.2. The van der Waals surface area contributed by atoms with E-state index in [1.807, 2.05) is 34.1 Å². The molecule has 6 aliphatic rings. The highest BCUT2D eigenvalue weighted by Gasteiger charge is 2.53. The molecule has 4 bridgehead atoms. The van der Waals surface area contributed by atoms with Gasteiger partial charge in [0.25, 0.3) is 5.91 Å². The van der Waals surface area contributed by atoms with Gasteiger partial charge in [-0.15, -0.1) is 0 Å². The van der Waals surface area contributed by atoms with Crippen LogP contribution in [0.2, 0.25) is 0 Å². The minimum Gasteiger partial charge on any atom is -0.351 e. The lowest BCUT2D eigenvalue weighted by Gasteiger charge is -2.57. The molecule has 0 radical (unpaired) electrons. The lowest BCUT2D eigenvalue weighted by Crippen LogP contribution is -2.62. The van der Waals surface area contributed by atoms with E-state index in [2.05, 4.69) is 5.32 Å². The summed E-state index contributed by atoms with van der Waals surface area (Å²) < 4.78 is 0. The Morgan fingerprint density at radius 1 is 1.00 bits per heavy atom. The highest BCUT2D eigenvalue weighted by molar-refractivity contribution is 5.99. The van der Waals surface area contributed by atoms with Crippen LogP contribution in [-0.4, -0.2) is 51.7 Å². The number of fused-ring (bicyclic) bond motifs is 1. The van der Waals surface area contributed by atoms with Crippen molar-refractivity contribution < 1.29 is 14.4 Å². The van der Waals surface area contributed by atoms with Crippen molar-refractivity contribution in [2.75, 3.05) is 13.1 Å². The summed E-state index contributed by atoms with van der Waals surface area (Å²) in [6.45, 7) is 3.35. The van der Waals surface area contributed by atoms with Gasteiger partial charge in [-0.05, 0) is 80.8 Å². The van der Waals surface area contributed by atoms with Crippen LogP contribution in [-0.2, 0) is 16.1 Å². The maximum Gasteiger partial charge on any atom is 0.254 e. The lowest BCUT2D eigenvalue weighted by molar-refractivity contribution is -0.133. The minimum absolute atomic E-state index is 0.0227. The maximum atomic E-state index is 13.6. The molecule has 7 rings (SSSR count). The number of nitrogens with one attached hydrogen (secondary N) is 1. The van der Waals surface area contributed by atoms with Gasteiger partial charge in [-0.25, -0.2) is 0 Å². The molecule has 6 nitrogen and oxygen atoms in total. The Morgan fingerprint density at radius 3 is 2.18 bits per heavy atom. The number of piperidine rings is 1. The fraction of sp³-hybridized carbons (Fsp3) is 0.667. The molecule has 1 aromatic carbocycles. The number of amides is 3. The summed E-state index contributed by atoms with van der Waals surface area (Å²) in [6, 6.07) is 7.79. The van der Waals surface area contributed by atoms with Gasteiger partial charge in [0.05, 0.1) is 12.0 Å². The van der Waals surface area contributed by atoms with E-state index in [-0.39, 0.29) is 23.3 Å². The number of hydrogen-bond donors (Lipinski definition) is 1. The third kappa shape index (κ3) is 3.57. The zero-order valence-electron chi connectivity index (χ0n) is 19.6. The summed E-state index contributed by atoms with van der Waals surface area (Å²) in [6.07, 6.45) is 9.07. The van der Waals surface area contributed by atoms with Gasteiger partial charge in [-0.2, -0.15) is 0 Å². The molecule has 176 valence electrons. The number of carbonyl (C=O) groups excluding carboxylic acids is 3. The van der Waals surface area contributed by atoms with Crippen molar-refractivity contribution in [2.45, 2.75) is 82.3 Å². The Balaban J connectivity index is 1.23. The van der Waals surface area contributed by atoms with Crippen LogP contribution in [0.5, 0.6) is 0 Å². The van der Waals surface area contributed by atoms with Gasteiger partial charge < -0.3 is 15.1 Å². The molecule has 4 aliphatic carbocycles. The predicted molar refractivity (Wildman–Crippen MR) is 124 cm³/mol. The van der Waals surface area contributed by atoms with E-state index in [0.717, 1.165) is 48.1 Å². The van der Waals surface area contributed by atoms with Crippen molar-refractivity contribution in [3.8, 4) is 0 Å². The topological polar surface area (TPSA) is 69.7 Å². The van der Waals surface area contributed by atoms with Gasteiger partial charge in [0, 0.05) is 37.7 Å². The number of carbonyl (C=O) groups is 3. The van der Waals surface area contributed by atoms with Crippen LogP contribution >= 0.6 is 0 Å². The molecule has 33 heavy (non-hydrogen) atoms. The van der Waals surface area contributed by atoms with Crippen LogP contribution in [0, 0.1) is 17.8 Å². The van der Waals surface area contributed by atoms with E-state index >= 15 is 0 Å². The molecule has 0 atom stereocenters. The Kier molecular flexibility index (Phi) is 4.86. The molecular weight excluding hydrogens is 414 g/mol. The molecular formula is C27H35N3O3. The van der Waals surface area contributed by atoms with E-state index < -0.39 is 5.54 Å². The second-order valence-electron chi connectivity index (χ2n) is 11.7. The van der Waals surface area contributed by atoms with Crippen molar-refractivity contribution in [2.24, 2.45) is 17.8 Å². The van der Waals surface area contributed by atoms with Gasteiger partial charge in [0.1, 0.15) is 0 Å². The van der Waals surface area contributed by atoms with Gasteiger partial charge in [-0.3, -0.25) is 14.4 Å². The van der Waals surface area contributed by atoms with Crippen LogP contribution in [0.25, 0.3) is 0 Å². The van der Waals surface area contributed by atoms with Crippen LogP contribution in [0.15, 0.2) is 24.3 Å². The molecule has 1 aromatic rings. The van der Waals surface area contributed by atoms with Crippen LogP contribution in [0.1, 0.15) is 80.6 Å². The van der Waals surface area contributed by atoms with Gasteiger partial charge in [0.15, 0.2) is 0 Å². The molecule has 4 saturated carbocycles. The number of nitrogens with zero attached hydrogens (tertiary/aromatic N) is 2. The quantitative estimate of drug-likeness (QED) is 0.765. The molecule has 1 N–H and O–H groups in total. The van der Waals surface area contributed by atoms with Gasteiger partial charge in [0.2, 0.25) is 11.8 Å². The van der Waals surface area contributed by atoms with Crippen molar-refractivity contribution in [3.05, 3.63) is 35.4 Å². The monoisotopic (exact) mass is 449 g/mol. The van der Waals surface area contributed by atoms with Gasteiger partial charge >= 0.3 is 0 Å². The predicted octanol–water partition coefficient (Wildman–Crippen LogP) is 3.50. The smallest absolute Gasteiger partial charge is 0.254 e. The fourth-order valence-corrected chi connectivity index (χ4v) is 8.32. The van der Waals surface area contributed by atoms with E-state index in [4.69, 9.17) is 0 Å². The first-order chi connectivity index (χ1) is 15.8. The summed E-state index contributed by atoms with van der Waals surface area (Å²) in [5, 5.41) is 3.53. The van der Waals surface area contributed by atoms with Crippen molar-refractivity contribution >= 4 is 17.7 Å². The fourth-order valence-electron chi connectivity index (χ4n) is 8.32. The summed E-state index contributed by atoms with van der Waals surface area (Å²) >= 11 is 0. The molecule has 6 heteroatoms. The average Bonchev–Trinajstić information content (AvgIpc) is 3.10. The number of benzene rings is 1. The van der Waals surface area contributed by atoms with Crippen molar-refractivity contribution in [1.82, 2.24) is 15.1 Å². The van der Waals surface area contributed by atoms with E-state index in [0.29, 0.717) is 38.9 Å². The van der Waals surface area contributed by atoms with Crippen molar-refractivity contribution in [3.63, 3.8) is 0 Å². The number of likely N-dealkylation sites (tertiary alicyclic amines) is 1. The minimum atomic E-state index is -0.533. The molecule has 1 saturated heterocycles. The zero-order chi connectivity index (χ0) is 22.8. The Labute approximate surface area is 196 Å². The summed E-state index contributed by atoms with van der Waals surface area (Å²) in [4.78, 5) is 42.8. The lowest BCUT2D eigenvalue weighted by atomic mass is 9.53. The van der Waals surface area contributed by atoms with Crippen molar-refractivity contribution in [1.29, 1.82) is 0 Å². The Hall–Kier alpha value is -2.37. The first-order valence-corrected chi connectivity index (χ1v) is 12.8. The highest BCUT2D eigenvalue weighted by atomic mass is 16.2. The highest BCUT2D eigenvalue weighted by Crippen LogP contribution is 2.55. The van der Waals surface area contributed by atoms with E-state index in [9.17, 15) is 14.4 Å². The third-order valence-corrected chi connectivity index (χ3v) is 9.47. The normalized spacial score (nSPS) is 33.8. The van der Waals surface area contributed by atoms with Crippen LogP contribution in [0.4, 0.5) is 0 Å². The third-order valence-electron chi connectivity index (χ3n) is 9.47. The zero-order valence-corrected chi connectivity index (χ0v) is 19.6. The summed E-state index contributed by atoms with van der Waals surface area (Å²) in [7, 11) is 0. The Morgan fingerprint density at radius 2 is 1.61 bits per heavy atom. The molecule has 3 amide bonds.